The maximum Gasteiger partial charge on any atom is 0.320 e. The highest BCUT2D eigenvalue weighted by Gasteiger charge is 2.42. The summed E-state index contributed by atoms with van der Waals surface area (Å²) in [5, 5.41) is 9.45. The SMILES string of the molecule is CCC1(C(=O)O)CCCN(C(=O)N(C)C(C)COC)C1. The van der Waals surface area contributed by atoms with E-state index in [2.05, 4.69) is 0 Å². The fraction of sp³-hybridized carbons (Fsp3) is 0.857. The first-order chi connectivity index (χ1) is 9.38. The number of hydrogen-bond acceptors (Lipinski definition) is 3. The number of likely N-dealkylation sites (tertiary alicyclic amines) is 1. The van der Waals surface area contributed by atoms with Gasteiger partial charge in [0, 0.05) is 27.2 Å². The van der Waals surface area contributed by atoms with Gasteiger partial charge in [0.15, 0.2) is 0 Å². The van der Waals surface area contributed by atoms with Gasteiger partial charge in [-0.3, -0.25) is 4.79 Å². The van der Waals surface area contributed by atoms with Crippen molar-refractivity contribution < 1.29 is 19.4 Å². The molecule has 0 aromatic heterocycles. The van der Waals surface area contributed by atoms with E-state index in [0.717, 1.165) is 6.42 Å². The van der Waals surface area contributed by atoms with E-state index in [1.165, 1.54) is 0 Å². The van der Waals surface area contributed by atoms with Crippen LogP contribution in [0.15, 0.2) is 0 Å². The van der Waals surface area contributed by atoms with Gasteiger partial charge in [0.2, 0.25) is 0 Å². The first-order valence-electron chi connectivity index (χ1n) is 7.12. The van der Waals surface area contributed by atoms with Gasteiger partial charge >= 0.3 is 12.0 Å². The van der Waals surface area contributed by atoms with Crippen LogP contribution >= 0.6 is 0 Å². The molecule has 0 aromatic rings. The summed E-state index contributed by atoms with van der Waals surface area (Å²) >= 11 is 0. The van der Waals surface area contributed by atoms with E-state index in [9.17, 15) is 14.7 Å². The number of amides is 2. The van der Waals surface area contributed by atoms with Crippen LogP contribution in [-0.4, -0.2) is 66.8 Å². The molecule has 20 heavy (non-hydrogen) atoms. The van der Waals surface area contributed by atoms with Crippen molar-refractivity contribution in [3.05, 3.63) is 0 Å². The third kappa shape index (κ3) is 3.42. The molecule has 0 saturated carbocycles. The Bertz CT molecular complexity index is 361. The summed E-state index contributed by atoms with van der Waals surface area (Å²) in [5.41, 5.74) is -0.792. The second-order valence-electron chi connectivity index (χ2n) is 5.66. The Balaban J connectivity index is 2.76. The van der Waals surface area contributed by atoms with E-state index in [1.54, 1.807) is 24.0 Å². The smallest absolute Gasteiger partial charge is 0.320 e. The van der Waals surface area contributed by atoms with Crippen LogP contribution in [0.25, 0.3) is 0 Å². The Morgan fingerprint density at radius 2 is 2.15 bits per heavy atom. The predicted octanol–water partition coefficient (Wildman–Crippen LogP) is 1.65. The molecule has 6 nitrogen and oxygen atoms in total. The Morgan fingerprint density at radius 3 is 2.65 bits per heavy atom. The van der Waals surface area contributed by atoms with Crippen molar-refractivity contribution in [3.63, 3.8) is 0 Å². The molecule has 1 rings (SSSR count). The van der Waals surface area contributed by atoms with Gasteiger partial charge in [0.25, 0.3) is 0 Å². The molecule has 2 amide bonds. The van der Waals surface area contributed by atoms with Crippen molar-refractivity contribution in [2.45, 2.75) is 39.2 Å². The minimum Gasteiger partial charge on any atom is -0.481 e. The number of methoxy groups -OCH3 is 1. The first kappa shape index (κ1) is 16.8. The van der Waals surface area contributed by atoms with E-state index < -0.39 is 11.4 Å². The van der Waals surface area contributed by atoms with E-state index in [0.29, 0.717) is 32.5 Å². The van der Waals surface area contributed by atoms with Crippen LogP contribution in [0, 0.1) is 5.41 Å². The zero-order valence-electron chi connectivity index (χ0n) is 12.9. The van der Waals surface area contributed by atoms with Gasteiger partial charge in [0.05, 0.1) is 18.1 Å². The highest BCUT2D eigenvalue weighted by atomic mass is 16.5. The van der Waals surface area contributed by atoms with Gasteiger partial charge in [-0.1, -0.05) is 6.92 Å². The third-order valence-corrected chi connectivity index (χ3v) is 4.35. The number of carbonyl (C=O) groups is 2. The van der Waals surface area contributed by atoms with Crippen molar-refractivity contribution in [1.82, 2.24) is 9.80 Å². The second-order valence-corrected chi connectivity index (χ2v) is 5.66. The molecule has 1 fully saturated rings. The number of hydrogen-bond donors (Lipinski definition) is 1. The zero-order chi connectivity index (χ0) is 15.3. The Hall–Kier alpha value is -1.30. The number of urea groups is 1. The molecule has 0 radical (unpaired) electrons. The van der Waals surface area contributed by atoms with Crippen LogP contribution < -0.4 is 0 Å². The number of aliphatic carboxylic acids is 1. The molecule has 2 unspecified atom stereocenters. The first-order valence-corrected chi connectivity index (χ1v) is 7.12. The van der Waals surface area contributed by atoms with Crippen LogP contribution in [-0.2, 0) is 9.53 Å². The lowest BCUT2D eigenvalue weighted by Crippen LogP contribution is -2.54. The summed E-state index contributed by atoms with van der Waals surface area (Å²) in [5.74, 6) is -0.801. The average Bonchev–Trinajstić information content (AvgIpc) is 2.45. The third-order valence-electron chi connectivity index (χ3n) is 4.35. The van der Waals surface area contributed by atoms with E-state index in [1.807, 2.05) is 13.8 Å². The molecule has 1 saturated heterocycles. The number of nitrogens with zero attached hydrogens (tertiary/aromatic N) is 2. The number of rotatable bonds is 5. The Kier molecular flexibility index (Phi) is 5.80. The summed E-state index contributed by atoms with van der Waals surface area (Å²) in [6.07, 6.45) is 1.92. The minimum absolute atomic E-state index is 0.0321. The number of carbonyl (C=O) groups excluding carboxylic acids is 1. The largest absolute Gasteiger partial charge is 0.481 e. The Morgan fingerprint density at radius 1 is 1.50 bits per heavy atom. The summed E-state index contributed by atoms with van der Waals surface area (Å²) < 4.78 is 5.06. The number of carboxylic acids is 1. The molecule has 1 heterocycles. The molecule has 1 N–H and O–H groups in total. The Labute approximate surface area is 120 Å². The van der Waals surface area contributed by atoms with Crippen LogP contribution in [0.1, 0.15) is 33.1 Å². The number of piperidine rings is 1. The standard InChI is InChI=1S/C14H26N2O4/c1-5-14(12(17)18)7-6-8-16(10-14)13(19)15(3)11(2)9-20-4/h11H,5-10H2,1-4H3,(H,17,18). The van der Waals surface area contributed by atoms with Crippen molar-refractivity contribution in [1.29, 1.82) is 0 Å². The van der Waals surface area contributed by atoms with Crippen LogP contribution in [0.4, 0.5) is 4.79 Å². The number of likely N-dealkylation sites (N-methyl/N-ethyl adjacent to an activating group) is 1. The van der Waals surface area contributed by atoms with Gasteiger partial charge in [-0.05, 0) is 26.2 Å². The van der Waals surface area contributed by atoms with Gasteiger partial charge < -0.3 is 19.6 Å². The van der Waals surface area contributed by atoms with Crippen molar-refractivity contribution >= 4 is 12.0 Å². The molecule has 1 aliphatic rings. The van der Waals surface area contributed by atoms with Crippen molar-refractivity contribution in [3.8, 4) is 0 Å². The van der Waals surface area contributed by atoms with Crippen molar-refractivity contribution in [2.24, 2.45) is 5.41 Å². The maximum atomic E-state index is 12.4. The maximum absolute atomic E-state index is 12.4. The highest BCUT2D eigenvalue weighted by Crippen LogP contribution is 2.34. The highest BCUT2D eigenvalue weighted by molar-refractivity contribution is 5.79. The molecule has 0 aliphatic carbocycles. The molecular weight excluding hydrogens is 260 g/mol. The van der Waals surface area contributed by atoms with E-state index in [-0.39, 0.29) is 12.1 Å². The van der Waals surface area contributed by atoms with Gasteiger partial charge in [0.1, 0.15) is 0 Å². The molecule has 0 spiro atoms. The molecule has 6 heteroatoms. The molecule has 1 aliphatic heterocycles. The summed E-state index contributed by atoms with van der Waals surface area (Å²) in [7, 11) is 3.33. The molecule has 0 bridgehead atoms. The molecule has 0 aromatic carbocycles. The molecular formula is C14H26N2O4. The minimum atomic E-state index is -0.801. The number of ether oxygens (including phenoxy) is 1. The lowest BCUT2D eigenvalue weighted by atomic mass is 9.78. The van der Waals surface area contributed by atoms with Crippen LogP contribution in [0.2, 0.25) is 0 Å². The average molecular weight is 286 g/mol. The van der Waals surface area contributed by atoms with Gasteiger partial charge in [-0.2, -0.15) is 0 Å². The summed E-state index contributed by atoms with van der Waals surface area (Å²) in [6, 6.07) is -0.149. The fourth-order valence-electron chi connectivity index (χ4n) is 2.67. The molecule has 116 valence electrons. The van der Waals surface area contributed by atoms with E-state index >= 15 is 0 Å². The predicted molar refractivity (Wildman–Crippen MR) is 75.7 cm³/mol. The topological polar surface area (TPSA) is 70.1 Å². The van der Waals surface area contributed by atoms with Crippen LogP contribution in [0.5, 0.6) is 0 Å². The second kappa shape index (κ2) is 6.92. The van der Waals surface area contributed by atoms with Gasteiger partial charge in [-0.25, -0.2) is 4.79 Å². The summed E-state index contributed by atoms with van der Waals surface area (Å²) in [4.78, 5) is 27.2. The zero-order valence-corrected chi connectivity index (χ0v) is 12.9. The van der Waals surface area contributed by atoms with Crippen LogP contribution in [0.3, 0.4) is 0 Å². The lowest BCUT2D eigenvalue weighted by Gasteiger charge is -2.41. The monoisotopic (exact) mass is 286 g/mol. The molecule has 2 atom stereocenters. The van der Waals surface area contributed by atoms with E-state index in [4.69, 9.17) is 4.74 Å². The summed E-state index contributed by atoms with van der Waals surface area (Å²) in [6.45, 7) is 5.17. The van der Waals surface area contributed by atoms with Gasteiger partial charge in [-0.15, -0.1) is 0 Å². The lowest BCUT2D eigenvalue weighted by molar-refractivity contribution is -0.152. The quantitative estimate of drug-likeness (QED) is 0.834. The fourth-order valence-corrected chi connectivity index (χ4v) is 2.67. The van der Waals surface area contributed by atoms with Crippen molar-refractivity contribution in [2.75, 3.05) is 33.9 Å². The normalized spacial score (nSPS) is 24.3. The number of carboxylic acid groups (broad SMARTS) is 1.